The first-order chi connectivity index (χ1) is 10.2. The van der Waals surface area contributed by atoms with Gasteiger partial charge in [-0.05, 0) is 62.4 Å². The number of nitrogens with zero attached hydrogens (tertiary/aromatic N) is 1. The van der Waals surface area contributed by atoms with Crippen LogP contribution in [0.3, 0.4) is 0 Å². The van der Waals surface area contributed by atoms with E-state index in [4.69, 9.17) is 0 Å². The Hall–Kier alpha value is -1.67. The first-order valence-electron chi connectivity index (χ1n) is 7.90. The highest BCUT2D eigenvalue weighted by Gasteiger charge is 2.13. The maximum atomic E-state index is 4.30. The molecule has 1 aromatic carbocycles. The highest BCUT2D eigenvalue weighted by atomic mass is 14.9. The fraction of sp³-hybridized carbons (Fsp3) is 0.421. The predicted molar refractivity (Wildman–Crippen MR) is 89.5 cm³/mol. The third-order valence-corrected chi connectivity index (χ3v) is 3.90. The second kappa shape index (κ2) is 7.94. The summed E-state index contributed by atoms with van der Waals surface area (Å²) in [7, 11) is 0. The van der Waals surface area contributed by atoms with E-state index in [1.165, 1.54) is 22.3 Å². The lowest BCUT2D eigenvalue weighted by molar-refractivity contribution is 0.496. The maximum Gasteiger partial charge on any atom is 0.0341 e. The maximum absolute atomic E-state index is 4.30. The van der Waals surface area contributed by atoms with Crippen molar-refractivity contribution in [1.82, 2.24) is 10.3 Å². The molecular weight excluding hydrogens is 256 g/mol. The number of benzene rings is 1. The molecule has 2 rings (SSSR count). The van der Waals surface area contributed by atoms with Gasteiger partial charge in [0, 0.05) is 18.4 Å². The molecule has 0 saturated heterocycles. The van der Waals surface area contributed by atoms with Gasteiger partial charge in [0.25, 0.3) is 0 Å². The van der Waals surface area contributed by atoms with Crippen molar-refractivity contribution in [2.45, 2.75) is 46.1 Å². The van der Waals surface area contributed by atoms with Crippen molar-refractivity contribution >= 4 is 0 Å². The van der Waals surface area contributed by atoms with Crippen LogP contribution in [0.15, 0.2) is 42.7 Å². The Balaban J connectivity index is 2.08. The third kappa shape index (κ3) is 4.68. The SMILES string of the molecule is CCCNC(CCc1cccc(C)c1)c1cnccc1C. The van der Waals surface area contributed by atoms with Crippen LogP contribution in [0.5, 0.6) is 0 Å². The quantitative estimate of drug-likeness (QED) is 0.815. The van der Waals surface area contributed by atoms with Gasteiger partial charge in [0.1, 0.15) is 0 Å². The second-order valence-corrected chi connectivity index (χ2v) is 5.77. The highest BCUT2D eigenvalue weighted by Crippen LogP contribution is 2.22. The summed E-state index contributed by atoms with van der Waals surface area (Å²) in [5.41, 5.74) is 5.41. The molecule has 2 nitrogen and oxygen atoms in total. The Kier molecular flexibility index (Phi) is 5.94. The largest absolute Gasteiger partial charge is 0.310 e. The van der Waals surface area contributed by atoms with Gasteiger partial charge in [-0.25, -0.2) is 0 Å². The van der Waals surface area contributed by atoms with Crippen LogP contribution in [0, 0.1) is 13.8 Å². The average molecular weight is 282 g/mol. The van der Waals surface area contributed by atoms with Crippen LogP contribution in [-0.4, -0.2) is 11.5 Å². The van der Waals surface area contributed by atoms with Crippen LogP contribution >= 0.6 is 0 Å². The van der Waals surface area contributed by atoms with Gasteiger partial charge in [0.2, 0.25) is 0 Å². The highest BCUT2D eigenvalue weighted by molar-refractivity contribution is 5.26. The summed E-state index contributed by atoms with van der Waals surface area (Å²) in [6.07, 6.45) is 7.24. The van der Waals surface area contributed by atoms with E-state index in [-0.39, 0.29) is 0 Å². The summed E-state index contributed by atoms with van der Waals surface area (Å²) in [6, 6.07) is 11.3. The van der Waals surface area contributed by atoms with Gasteiger partial charge in [-0.15, -0.1) is 0 Å². The molecule has 0 radical (unpaired) electrons. The van der Waals surface area contributed by atoms with Crippen molar-refractivity contribution in [3.63, 3.8) is 0 Å². The first-order valence-corrected chi connectivity index (χ1v) is 7.90. The van der Waals surface area contributed by atoms with Crippen molar-refractivity contribution in [3.05, 3.63) is 65.0 Å². The van der Waals surface area contributed by atoms with E-state index in [2.05, 4.69) is 61.4 Å². The van der Waals surface area contributed by atoms with E-state index in [0.29, 0.717) is 6.04 Å². The molecule has 0 aliphatic carbocycles. The average Bonchev–Trinajstić information content (AvgIpc) is 2.48. The van der Waals surface area contributed by atoms with Crippen LogP contribution in [-0.2, 0) is 6.42 Å². The van der Waals surface area contributed by atoms with Crippen molar-refractivity contribution in [2.24, 2.45) is 0 Å². The first kappa shape index (κ1) is 15.7. The van der Waals surface area contributed by atoms with E-state index in [9.17, 15) is 0 Å². The molecule has 0 aliphatic rings. The van der Waals surface area contributed by atoms with E-state index >= 15 is 0 Å². The monoisotopic (exact) mass is 282 g/mol. The molecule has 1 unspecified atom stereocenters. The van der Waals surface area contributed by atoms with Gasteiger partial charge in [-0.2, -0.15) is 0 Å². The molecule has 2 heteroatoms. The molecule has 1 N–H and O–H groups in total. The lowest BCUT2D eigenvalue weighted by Gasteiger charge is -2.20. The zero-order valence-corrected chi connectivity index (χ0v) is 13.4. The number of hydrogen-bond acceptors (Lipinski definition) is 2. The Bertz CT molecular complexity index is 563. The van der Waals surface area contributed by atoms with E-state index in [0.717, 1.165) is 25.8 Å². The number of nitrogens with one attached hydrogen (secondary N) is 1. The summed E-state index contributed by atoms with van der Waals surface area (Å²) < 4.78 is 0. The minimum absolute atomic E-state index is 0.388. The second-order valence-electron chi connectivity index (χ2n) is 5.77. The lowest BCUT2D eigenvalue weighted by Crippen LogP contribution is -2.23. The molecular formula is C19H26N2. The van der Waals surface area contributed by atoms with Crippen molar-refractivity contribution in [2.75, 3.05) is 6.54 Å². The Morgan fingerprint density at radius 2 is 2.05 bits per heavy atom. The zero-order valence-electron chi connectivity index (χ0n) is 13.4. The smallest absolute Gasteiger partial charge is 0.0341 e. The van der Waals surface area contributed by atoms with E-state index < -0.39 is 0 Å². The van der Waals surface area contributed by atoms with Crippen LogP contribution in [0.2, 0.25) is 0 Å². The van der Waals surface area contributed by atoms with Crippen molar-refractivity contribution < 1.29 is 0 Å². The number of aromatic nitrogens is 1. The normalized spacial score (nSPS) is 12.3. The molecule has 21 heavy (non-hydrogen) atoms. The van der Waals surface area contributed by atoms with Crippen LogP contribution in [0.25, 0.3) is 0 Å². The van der Waals surface area contributed by atoms with E-state index in [1.807, 2.05) is 12.4 Å². The molecule has 1 aromatic heterocycles. The van der Waals surface area contributed by atoms with Gasteiger partial charge in [-0.3, -0.25) is 4.98 Å². The summed E-state index contributed by atoms with van der Waals surface area (Å²) in [4.78, 5) is 4.30. The molecule has 112 valence electrons. The summed E-state index contributed by atoms with van der Waals surface area (Å²) in [5.74, 6) is 0. The number of hydrogen-bond donors (Lipinski definition) is 1. The Labute approximate surface area is 128 Å². The molecule has 2 aromatic rings. The van der Waals surface area contributed by atoms with Gasteiger partial charge in [0.15, 0.2) is 0 Å². The van der Waals surface area contributed by atoms with Crippen LogP contribution < -0.4 is 5.32 Å². The van der Waals surface area contributed by atoms with Gasteiger partial charge in [0.05, 0.1) is 0 Å². The number of pyridine rings is 1. The van der Waals surface area contributed by atoms with E-state index in [1.54, 1.807) is 0 Å². The minimum atomic E-state index is 0.388. The van der Waals surface area contributed by atoms with Crippen molar-refractivity contribution in [1.29, 1.82) is 0 Å². The Morgan fingerprint density at radius 1 is 1.19 bits per heavy atom. The molecule has 0 aliphatic heterocycles. The fourth-order valence-electron chi connectivity index (χ4n) is 2.71. The molecule has 0 amide bonds. The van der Waals surface area contributed by atoms with Crippen LogP contribution in [0.4, 0.5) is 0 Å². The van der Waals surface area contributed by atoms with Crippen molar-refractivity contribution in [3.8, 4) is 0 Å². The third-order valence-electron chi connectivity index (χ3n) is 3.90. The molecule has 0 bridgehead atoms. The summed E-state index contributed by atoms with van der Waals surface area (Å²) in [5, 5.41) is 3.67. The molecule has 0 saturated carbocycles. The fourth-order valence-corrected chi connectivity index (χ4v) is 2.71. The van der Waals surface area contributed by atoms with Gasteiger partial charge in [-0.1, -0.05) is 36.8 Å². The number of aryl methyl sites for hydroxylation is 3. The molecule has 1 atom stereocenters. The molecule has 0 fully saturated rings. The zero-order chi connectivity index (χ0) is 15.1. The topological polar surface area (TPSA) is 24.9 Å². The van der Waals surface area contributed by atoms with Gasteiger partial charge >= 0.3 is 0 Å². The number of rotatable bonds is 7. The Morgan fingerprint density at radius 3 is 2.76 bits per heavy atom. The molecule has 0 spiro atoms. The summed E-state index contributed by atoms with van der Waals surface area (Å²) >= 11 is 0. The standard InChI is InChI=1S/C19H26N2/c1-4-11-21-19(18-14-20-12-10-16(18)3)9-8-17-7-5-6-15(2)13-17/h5-7,10,12-14,19,21H,4,8-9,11H2,1-3H3. The lowest BCUT2D eigenvalue weighted by atomic mass is 9.96. The van der Waals surface area contributed by atoms with Crippen LogP contribution in [0.1, 0.15) is 48.1 Å². The molecule has 1 heterocycles. The minimum Gasteiger partial charge on any atom is -0.310 e. The summed E-state index contributed by atoms with van der Waals surface area (Å²) in [6.45, 7) is 7.58. The van der Waals surface area contributed by atoms with Gasteiger partial charge < -0.3 is 5.32 Å². The predicted octanol–water partition coefficient (Wildman–Crippen LogP) is 4.37.